The zero-order valence-electron chi connectivity index (χ0n) is 2.56. The van der Waals surface area contributed by atoms with Gasteiger partial charge in [-0.05, 0) is 0 Å². The fraction of sp³-hybridized carbons (Fsp3) is 0. The van der Waals surface area contributed by atoms with Crippen LogP contribution in [-0.2, 0) is 94.3 Å². The van der Waals surface area contributed by atoms with Gasteiger partial charge in [0.15, 0.2) is 0 Å². The van der Waals surface area contributed by atoms with E-state index in [1.54, 1.807) is 0 Å². The molecule has 0 spiro atoms. The van der Waals surface area contributed by atoms with Crippen molar-refractivity contribution >= 4 is 0 Å². The van der Waals surface area contributed by atoms with Crippen LogP contribution < -0.4 is 0 Å². The monoisotopic (exact) mass is 460 g/mol. The van der Waals surface area contributed by atoms with Crippen LogP contribution in [0.2, 0.25) is 0 Å². The normalized spacial score (nSPS) is 0. The molecule has 0 saturated heterocycles. The van der Waals surface area contributed by atoms with Gasteiger partial charge in [-0.1, -0.05) is 0 Å². The summed E-state index contributed by atoms with van der Waals surface area (Å²) in [5.74, 6) is 0. The van der Waals surface area contributed by atoms with E-state index in [1.165, 1.54) is 0 Å². The molecule has 7 heavy (non-hydrogen) atoms. The van der Waals surface area contributed by atoms with Crippen LogP contribution in [0.3, 0.4) is 0 Å². The molecule has 0 N–H and O–H groups in total. The molecule has 7 heteroatoms. The van der Waals surface area contributed by atoms with Crippen LogP contribution in [0.5, 0.6) is 0 Å². The van der Waals surface area contributed by atoms with E-state index in [1.807, 2.05) is 0 Å². The molecule has 3 nitrogen and oxygen atoms in total. The Kier molecular flexibility index (Phi) is 1350. The number of hydrogen-bond acceptors (Lipinski definition) is 0. The minimum Gasteiger partial charge on any atom is -2.00 e. The molecule has 0 saturated carbocycles. The average molecular weight is 460 g/mol. The third-order valence-corrected chi connectivity index (χ3v) is 0. The van der Waals surface area contributed by atoms with E-state index in [9.17, 15) is 0 Å². The summed E-state index contributed by atoms with van der Waals surface area (Å²) in [7, 11) is 0. The largest absolute Gasteiger partial charge is 3.00 e. The van der Waals surface area contributed by atoms with Gasteiger partial charge in [-0.15, -0.1) is 0 Å². The van der Waals surface area contributed by atoms with Gasteiger partial charge in [-0.25, -0.2) is 0 Å². The van der Waals surface area contributed by atoms with Crippen molar-refractivity contribution in [1.82, 2.24) is 0 Å². The van der Waals surface area contributed by atoms with Crippen LogP contribution in [-0.4, -0.2) is 0 Å². The van der Waals surface area contributed by atoms with Gasteiger partial charge in [0, 0.05) is 39.0 Å². The number of hydrogen-bond donors (Lipinski definition) is 0. The first-order valence-electron chi connectivity index (χ1n) is 0. The van der Waals surface area contributed by atoms with Crippen LogP contribution in [0.4, 0.5) is 0 Å². The standard InChI is InChI=1S/3O.4Rh/q3*-2;;;2*+3. The van der Waals surface area contributed by atoms with E-state index in [2.05, 4.69) is 0 Å². The molecule has 0 aromatic carbocycles. The molecule has 0 aromatic rings. The van der Waals surface area contributed by atoms with Crippen molar-refractivity contribution in [2.24, 2.45) is 0 Å². The summed E-state index contributed by atoms with van der Waals surface area (Å²) in [6.07, 6.45) is 0. The molecular weight excluding hydrogens is 460 g/mol. The second kappa shape index (κ2) is 80.8. The molecule has 0 unspecified atom stereocenters. The zero-order valence-corrected chi connectivity index (χ0v) is 9.11. The number of rotatable bonds is 0. The predicted octanol–water partition coefficient (Wildman–Crippen LogP) is -0.366. The predicted molar refractivity (Wildman–Crippen MR) is 2.06 cm³/mol. The molecule has 0 aliphatic heterocycles. The van der Waals surface area contributed by atoms with Crippen molar-refractivity contribution in [3.05, 3.63) is 0 Å². The first-order chi connectivity index (χ1) is 0. The summed E-state index contributed by atoms with van der Waals surface area (Å²) in [6, 6.07) is 0. The van der Waals surface area contributed by atoms with Crippen molar-refractivity contribution in [2.45, 2.75) is 0 Å². The van der Waals surface area contributed by atoms with Crippen LogP contribution in [0, 0.1) is 0 Å². The van der Waals surface area contributed by atoms with Gasteiger partial charge in [0.25, 0.3) is 0 Å². The molecule has 0 amide bonds. The first kappa shape index (κ1) is 117. The quantitative estimate of drug-likeness (QED) is 0.443. The van der Waals surface area contributed by atoms with Gasteiger partial charge in [0.05, 0.1) is 0 Å². The van der Waals surface area contributed by atoms with Gasteiger partial charge >= 0.3 is 39.0 Å². The molecule has 0 fully saturated rings. The summed E-state index contributed by atoms with van der Waals surface area (Å²) in [5, 5.41) is 0. The van der Waals surface area contributed by atoms with E-state index >= 15 is 0 Å². The Hall–Kier alpha value is 2.37. The van der Waals surface area contributed by atoms with Crippen molar-refractivity contribution in [3.8, 4) is 0 Å². The van der Waals surface area contributed by atoms with Crippen molar-refractivity contribution < 1.29 is 94.3 Å². The maximum absolute atomic E-state index is 0. The van der Waals surface area contributed by atoms with Crippen molar-refractivity contribution in [3.63, 3.8) is 0 Å². The fourth-order valence-corrected chi connectivity index (χ4v) is 0. The minimum absolute atomic E-state index is 0. The second-order valence-electron chi connectivity index (χ2n) is 0. The second-order valence-corrected chi connectivity index (χ2v) is 0. The molecular formula is O3Rh4. The molecule has 0 aromatic heterocycles. The van der Waals surface area contributed by atoms with E-state index in [0.29, 0.717) is 0 Å². The molecule has 0 bridgehead atoms. The average Bonchev–Trinajstić information content (AvgIpc) is 0. The molecule has 0 aliphatic rings. The Morgan fingerprint density at radius 1 is 0.429 bits per heavy atom. The van der Waals surface area contributed by atoms with Gasteiger partial charge in [-0.3, -0.25) is 0 Å². The van der Waals surface area contributed by atoms with Gasteiger partial charge in [0.2, 0.25) is 0 Å². The third kappa shape index (κ3) is 60.4. The maximum Gasteiger partial charge on any atom is 3.00 e. The summed E-state index contributed by atoms with van der Waals surface area (Å²) >= 11 is 0. The summed E-state index contributed by atoms with van der Waals surface area (Å²) in [5.41, 5.74) is 0. The smallest absolute Gasteiger partial charge is 2.00 e. The van der Waals surface area contributed by atoms with E-state index < -0.39 is 0 Å². The minimum atomic E-state index is 0. The zero-order chi connectivity index (χ0) is 0. The summed E-state index contributed by atoms with van der Waals surface area (Å²) in [4.78, 5) is 0. The van der Waals surface area contributed by atoms with Crippen LogP contribution >= 0.6 is 0 Å². The van der Waals surface area contributed by atoms with E-state index in [0.717, 1.165) is 0 Å². The molecule has 0 aliphatic carbocycles. The Bertz CT molecular complexity index is 6.90. The van der Waals surface area contributed by atoms with Crippen LogP contribution in [0.1, 0.15) is 0 Å². The summed E-state index contributed by atoms with van der Waals surface area (Å²) in [6.45, 7) is 0. The van der Waals surface area contributed by atoms with Gasteiger partial charge < -0.3 is 16.4 Å². The molecule has 2 radical (unpaired) electrons. The van der Waals surface area contributed by atoms with Crippen molar-refractivity contribution in [2.75, 3.05) is 0 Å². The topological polar surface area (TPSA) is 85.5 Å². The Morgan fingerprint density at radius 3 is 0.429 bits per heavy atom. The first-order valence-corrected chi connectivity index (χ1v) is 0. The van der Waals surface area contributed by atoms with E-state index in [-0.39, 0.29) is 94.3 Å². The van der Waals surface area contributed by atoms with Gasteiger partial charge in [0.1, 0.15) is 0 Å². The molecule has 0 rings (SSSR count). The molecule has 0 heterocycles. The fourth-order valence-electron chi connectivity index (χ4n) is 0. The third-order valence-electron chi connectivity index (χ3n) is 0. The van der Waals surface area contributed by atoms with Crippen molar-refractivity contribution in [1.29, 1.82) is 0 Å². The maximum atomic E-state index is 0. The van der Waals surface area contributed by atoms with Gasteiger partial charge in [-0.2, -0.15) is 0 Å². The van der Waals surface area contributed by atoms with Crippen LogP contribution in [0.15, 0.2) is 0 Å². The van der Waals surface area contributed by atoms with E-state index in [4.69, 9.17) is 0 Å². The SMILES string of the molecule is [O-2].[O-2].[O-2].[Rh+3].[Rh+3].[Rh].[Rh]. The Morgan fingerprint density at radius 2 is 0.429 bits per heavy atom. The molecule has 0 atom stereocenters. The Labute approximate surface area is 93.3 Å². The Balaban J connectivity index is 0. The summed E-state index contributed by atoms with van der Waals surface area (Å²) < 4.78 is 0. The molecule has 54 valence electrons. The van der Waals surface area contributed by atoms with Crippen LogP contribution in [0.25, 0.3) is 0 Å².